The van der Waals surface area contributed by atoms with Gasteiger partial charge in [0.25, 0.3) is 0 Å². The molecule has 86 valence electrons. The number of aromatic hydroxyl groups is 1. The Kier molecular flexibility index (Phi) is 2.71. The number of carbonyl (C=O) groups is 1. The zero-order valence-corrected chi connectivity index (χ0v) is 9.83. The van der Waals surface area contributed by atoms with E-state index in [0.717, 1.165) is 11.3 Å². The molecule has 5 heteroatoms. The van der Waals surface area contributed by atoms with Gasteiger partial charge < -0.3 is 15.7 Å². The van der Waals surface area contributed by atoms with Crippen LogP contribution in [-0.2, 0) is 4.87 Å². The van der Waals surface area contributed by atoms with Gasteiger partial charge in [0.15, 0.2) is 0 Å². The van der Waals surface area contributed by atoms with E-state index >= 15 is 0 Å². The fourth-order valence-electron chi connectivity index (χ4n) is 2.04. The topological polar surface area (TPSA) is 66.6 Å². The number of hydrogen-bond donors (Lipinski definition) is 2. The highest BCUT2D eigenvalue weighted by atomic mass is 32.2. The van der Waals surface area contributed by atoms with Crippen molar-refractivity contribution in [2.75, 3.05) is 12.3 Å². The molecule has 3 N–H and O–H groups in total. The summed E-state index contributed by atoms with van der Waals surface area (Å²) >= 11 is 1.61. The zero-order chi connectivity index (χ0) is 11.8. The van der Waals surface area contributed by atoms with E-state index in [9.17, 15) is 9.90 Å². The molecule has 1 saturated heterocycles. The molecule has 1 atom stereocenters. The Balaban J connectivity index is 2.45. The normalized spacial score (nSPS) is 24.7. The molecular weight excluding hydrogens is 224 g/mol. The molecule has 0 bridgehead atoms. The minimum absolute atomic E-state index is 0.200. The molecule has 1 aromatic carbocycles. The number of para-hydroxylation sites is 1. The van der Waals surface area contributed by atoms with Crippen LogP contribution < -0.4 is 5.73 Å². The second-order valence-electron chi connectivity index (χ2n) is 3.84. The first-order chi connectivity index (χ1) is 7.55. The van der Waals surface area contributed by atoms with Gasteiger partial charge in [-0.15, -0.1) is 11.8 Å². The monoisotopic (exact) mass is 238 g/mol. The van der Waals surface area contributed by atoms with Gasteiger partial charge in [-0.05, 0) is 13.0 Å². The summed E-state index contributed by atoms with van der Waals surface area (Å²) in [5, 5.41) is 9.84. The first-order valence-corrected chi connectivity index (χ1v) is 6.04. The van der Waals surface area contributed by atoms with Gasteiger partial charge in [-0.2, -0.15) is 0 Å². The summed E-state index contributed by atoms with van der Waals surface area (Å²) < 4.78 is 0. The molecule has 1 aromatic rings. The van der Waals surface area contributed by atoms with E-state index in [-0.39, 0.29) is 5.75 Å². The fourth-order valence-corrected chi connectivity index (χ4v) is 3.37. The minimum atomic E-state index is -0.558. The van der Waals surface area contributed by atoms with Crippen LogP contribution in [0.3, 0.4) is 0 Å². The number of amides is 2. The van der Waals surface area contributed by atoms with E-state index in [1.807, 2.05) is 19.1 Å². The van der Waals surface area contributed by atoms with Gasteiger partial charge in [-0.25, -0.2) is 4.79 Å². The largest absolute Gasteiger partial charge is 0.508 e. The molecule has 1 heterocycles. The lowest BCUT2D eigenvalue weighted by Gasteiger charge is -2.33. The number of phenolic OH excluding ortho intramolecular Hbond substituents is 1. The number of phenols is 1. The van der Waals surface area contributed by atoms with Crippen LogP contribution in [0.2, 0.25) is 0 Å². The quantitative estimate of drug-likeness (QED) is 0.782. The zero-order valence-electron chi connectivity index (χ0n) is 9.01. The van der Waals surface area contributed by atoms with Gasteiger partial charge >= 0.3 is 6.03 Å². The molecule has 0 saturated carbocycles. The average Bonchev–Trinajstić information content (AvgIpc) is 2.62. The van der Waals surface area contributed by atoms with E-state index in [1.165, 1.54) is 0 Å². The molecule has 1 aliphatic rings. The van der Waals surface area contributed by atoms with E-state index in [0.29, 0.717) is 6.54 Å². The third-order valence-corrected chi connectivity index (χ3v) is 4.27. The van der Waals surface area contributed by atoms with Crippen molar-refractivity contribution in [1.82, 2.24) is 4.90 Å². The lowest BCUT2D eigenvalue weighted by Crippen LogP contribution is -2.44. The molecule has 1 unspecified atom stereocenters. The Labute approximate surface area is 98.4 Å². The molecular formula is C11H14N2O2S. The Bertz CT molecular complexity index is 424. The smallest absolute Gasteiger partial charge is 0.316 e. The van der Waals surface area contributed by atoms with E-state index in [1.54, 1.807) is 28.8 Å². The maximum atomic E-state index is 11.4. The maximum Gasteiger partial charge on any atom is 0.316 e. The van der Waals surface area contributed by atoms with Crippen molar-refractivity contribution in [1.29, 1.82) is 0 Å². The van der Waals surface area contributed by atoms with E-state index in [4.69, 9.17) is 5.73 Å². The summed E-state index contributed by atoms with van der Waals surface area (Å²) in [5.41, 5.74) is 6.09. The maximum absolute atomic E-state index is 11.4. The minimum Gasteiger partial charge on any atom is -0.508 e. The lowest BCUT2D eigenvalue weighted by molar-refractivity contribution is 0.187. The van der Waals surface area contributed by atoms with Crippen LogP contribution in [-0.4, -0.2) is 28.3 Å². The van der Waals surface area contributed by atoms with Gasteiger partial charge in [-0.1, -0.05) is 18.2 Å². The first-order valence-electron chi connectivity index (χ1n) is 5.05. The highest BCUT2D eigenvalue weighted by molar-refractivity contribution is 8.00. The van der Waals surface area contributed by atoms with Gasteiger partial charge in [0.2, 0.25) is 0 Å². The molecule has 1 fully saturated rings. The van der Waals surface area contributed by atoms with Crippen molar-refractivity contribution >= 4 is 17.8 Å². The van der Waals surface area contributed by atoms with Gasteiger partial charge in [0.05, 0.1) is 0 Å². The van der Waals surface area contributed by atoms with Crippen molar-refractivity contribution < 1.29 is 9.90 Å². The molecule has 0 aromatic heterocycles. The number of thioether (sulfide) groups is 1. The molecule has 4 nitrogen and oxygen atoms in total. The van der Waals surface area contributed by atoms with Crippen molar-refractivity contribution in [3.63, 3.8) is 0 Å². The number of benzene rings is 1. The molecule has 0 spiro atoms. The Morgan fingerprint density at radius 2 is 2.25 bits per heavy atom. The van der Waals surface area contributed by atoms with Crippen LogP contribution in [0, 0.1) is 0 Å². The number of primary amides is 1. The third-order valence-electron chi connectivity index (χ3n) is 2.88. The van der Waals surface area contributed by atoms with E-state index < -0.39 is 10.9 Å². The molecule has 16 heavy (non-hydrogen) atoms. The van der Waals surface area contributed by atoms with Crippen LogP contribution in [0.5, 0.6) is 5.75 Å². The number of nitrogens with two attached hydrogens (primary N) is 1. The van der Waals surface area contributed by atoms with Crippen LogP contribution in [0.25, 0.3) is 0 Å². The van der Waals surface area contributed by atoms with Crippen LogP contribution in [0.15, 0.2) is 24.3 Å². The van der Waals surface area contributed by atoms with Crippen LogP contribution in [0.4, 0.5) is 4.79 Å². The van der Waals surface area contributed by atoms with Crippen molar-refractivity contribution in [2.45, 2.75) is 11.8 Å². The summed E-state index contributed by atoms with van der Waals surface area (Å²) in [5.74, 6) is 1.03. The number of hydrogen-bond acceptors (Lipinski definition) is 3. The lowest BCUT2D eigenvalue weighted by atomic mass is 10.1. The standard InChI is InChI=1S/C11H14N2O2S/c1-11(8-4-2-3-5-9(8)14)13(10(12)15)6-7-16-11/h2-5,14H,6-7H2,1H3,(H2,12,15). The molecule has 2 amide bonds. The second kappa shape index (κ2) is 3.90. The molecule has 2 rings (SSSR count). The number of carbonyl (C=O) groups excluding carboxylic acids is 1. The highest BCUT2D eigenvalue weighted by Crippen LogP contribution is 2.46. The van der Waals surface area contributed by atoms with E-state index in [2.05, 4.69) is 0 Å². The first kappa shape index (κ1) is 11.1. The number of rotatable bonds is 1. The highest BCUT2D eigenvalue weighted by Gasteiger charge is 2.42. The van der Waals surface area contributed by atoms with Crippen molar-refractivity contribution in [3.05, 3.63) is 29.8 Å². The Morgan fingerprint density at radius 3 is 2.88 bits per heavy atom. The SMILES string of the molecule is CC1(c2ccccc2O)SCCN1C(N)=O. The van der Waals surface area contributed by atoms with Gasteiger partial charge in [0, 0.05) is 17.9 Å². The molecule has 0 radical (unpaired) electrons. The average molecular weight is 238 g/mol. The molecule has 0 aliphatic carbocycles. The second-order valence-corrected chi connectivity index (χ2v) is 5.33. The molecule has 1 aliphatic heterocycles. The number of urea groups is 1. The summed E-state index contributed by atoms with van der Waals surface area (Å²) in [7, 11) is 0. The third kappa shape index (κ3) is 1.61. The summed E-state index contributed by atoms with van der Waals surface area (Å²) in [6.07, 6.45) is 0. The Hall–Kier alpha value is -1.36. The van der Waals surface area contributed by atoms with Gasteiger partial charge in [-0.3, -0.25) is 0 Å². The van der Waals surface area contributed by atoms with Crippen LogP contribution >= 0.6 is 11.8 Å². The van der Waals surface area contributed by atoms with Crippen LogP contribution in [0.1, 0.15) is 12.5 Å². The number of nitrogens with zero attached hydrogens (tertiary/aromatic N) is 1. The van der Waals surface area contributed by atoms with Crippen molar-refractivity contribution in [3.8, 4) is 5.75 Å². The fraction of sp³-hybridized carbons (Fsp3) is 0.364. The van der Waals surface area contributed by atoms with Crippen molar-refractivity contribution in [2.24, 2.45) is 5.73 Å². The predicted octanol–water partition coefficient (Wildman–Crippen LogP) is 1.69. The Morgan fingerprint density at radius 1 is 1.56 bits per heavy atom. The summed E-state index contributed by atoms with van der Waals surface area (Å²) in [6, 6.07) is 6.60. The summed E-state index contributed by atoms with van der Waals surface area (Å²) in [4.78, 5) is 12.4. The predicted molar refractivity (Wildman–Crippen MR) is 64.2 cm³/mol. The van der Waals surface area contributed by atoms with Gasteiger partial charge in [0.1, 0.15) is 10.6 Å². The summed E-state index contributed by atoms with van der Waals surface area (Å²) in [6.45, 7) is 2.52.